The lowest BCUT2D eigenvalue weighted by molar-refractivity contribution is -0.103. The van der Waals surface area contributed by atoms with E-state index in [2.05, 4.69) is 16.9 Å². The zero-order valence-electron chi connectivity index (χ0n) is 9.71. The maximum atomic E-state index is 13.8. The number of amides is 1. The van der Waals surface area contributed by atoms with Crippen molar-refractivity contribution in [3.05, 3.63) is 41.9 Å². The van der Waals surface area contributed by atoms with Gasteiger partial charge in [-0.15, -0.1) is 0 Å². The number of halogens is 1. The predicted octanol–water partition coefficient (Wildman–Crippen LogP) is 1.88. The predicted molar refractivity (Wildman–Crippen MR) is 66.7 cm³/mol. The van der Waals surface area contributed by atoms with Crippen LogP contribution in [-0.2, 0) is 4.79 Å². The third-order valence-corrected chi connectivity index (χ3v) is 2.74. The number of allylic oxidation sites excluding steroid dienone is 1. The first-order valence-corrected chi connectivity index (χ1v) is 5.26. The molecule has 0 atom stereocenters. The standard InChI is InChI=1S/C13H11FN2O2/c1-7(6-17)9-5-16-12-8(13(18)15-2)3-4-10(14)11(9)12/h3-6,16H,1H2,2H3,(H,15,18). The largest absolute Gasteiger partial charge is 0.360 e. The first kappa shape index (κ1) is 12.0. The van der Waals surface area contributed by atoms with Gasteiger partial charge in [-0.1, -0.05) is 6.58 Å². The van der Waals surface area contributed by atoms with Crippen molar-refractivity contribution >= 4 is 28.7 Å². The van der Waals surface area contributed by atoms with Crippen molar-refractivity contribution < 1.29 is 14.0 Å². The van der Waals surface area contributed by atoms with Gasteiger partial charge in [-0.2, -0.15) is 0 Å². The Kier molecular flexibility index (Phi) is 2.97. The molecule has 0 bridgehead atoms. The Labute approximate surface area is 102 Å². The lowest BCUT2D eigenvalue weighted by atomic mass is 10.0. The van der Waals surface area contributed by atoms with Crippen LogP contribution in [0.5, 0.6) is 0 Å². The van der Waals surface area contributed by atoms with Crippen LogP contribution >= 0.6 is 0 Å². The van der Waals surface area contributed by atoms with E-state index in [9.17, 15) is 14.0 Å². The van der Waals surface area contributed by atoms with Gasteiger partial charge in [-0.25, -0.2) is 4.39 Å². The fraction of sp³-hybridized carbons (Fsp3) is 0.0769. The van der Waals surface area contributed by atoms with E-state index in [4.69, 9.17) is 0 Å². The highest BCUT2D eigenvalue weighted by molar-refractivity contribution is 6.15. The molecule has 1 aromatic heterocycles. The molecular weight excluding hydrogens is 235 g/mol. The Hall–Kier alpha value is -2.43. The molecule has 2 rings (SSSR count). The first-order valence-electron chi connectivity index (χ1n) is 5.26. The van der Waals surface area contributed by atoms with Crippen LogP contribution in [0.15, 0.2) is 24.9 Å². The SMILES string of the molecule is C=C(C=O)c1c[nH]c2c(C(=O)NC)ccc(F)c12. The number of aromatic nitrogens is 1. The minimum Gasteiger partial charge on any atom is -0.360 e. The number of benzene rings is 1. The molecule has 0 aliphatic carbocycles. The Morgan fingerprint density at radius 2 is 2.17 bits per heavy atom. The molecule has 1 amide bonds. The van der Waals surface area contributed by atoms with E-state index < -0.39 is 5.82 Å². The summed E-state index contributed by atoms with van der Waals surface area (Å²) >= 11 is 0. The Morgan fingerprint density at radius 3 is 2.78 bits per heavy atom. The minimum absolute atomic E-state index is 0.161. The van der Waals surface area contributed by atoms with Gasteiger partial charge in [0.15, 0.2) is 0 Å². The zero-order chi connectivity index (χ0) is 13.3. The van der Waals surface area contributed by atoms with Crippen molar-refractivity contribution in [1.29, 1.82) is 0 Å². The second-order valence-corrected chi connectivity index (χ2v) is 3.77. The summed E-state index contributed by atoms with van der Waals surface area (Å²) in [7, 11) is 1.49. The molecule has 0 saturated heterocycles. The normalized spacial score (nSPS) is 10.3. The average molecular weight is 246 g/mol. The van der Waals surface area contributed by atoms with Crippen molar-refractivity contribution in [1.82, 2.24) is 10.3 Å². The van der Waals surface area contributed by atoms with E-state index in [0.29, 0.717) is 22.9 Å². The van der Waals surface area contributed by atoms with E-state index in [-0.39, 0.29) is 16.9 Å². The van der Waals surface area contributed by atoms with Gasteiger partial charge in [0.05, 0.1) is 11.1 Å². The van der Waals surface area contributed by atoms with Crippen LogP contribution in [-0.4, -0.2) is 24.2 Å². The number of rotatable bonds is 3. The summed E-state index contributed by atoms with van der Waals surface area (Å²) < 4.78 is 13.8. The lowest BCUT2D eigenvalue weighted by Crippen LogP contribution is -2.18. The molecule has 18 heavy (non-hydrogen) atoms. The quantitative estimate of drug-likeness (QED) is 0.641. The fourth-order valence-electron chi connectivity index (χ4n) is 1.85. The number of hydrogen-bond acceptors (Lipinski definition) is 2. The summed E-state index contributed by atoms with van der Waals surface area (Å²) in [6.07, 6.45) is 2.02. The van der Waals surface area contributed by atoms with Gasteiger partial charge in [0.2, 0.25) is 0 Å². The van der Waals surface area contributed by atoms with Crippen LogP contribution < -0.4 is 5.32 Å². The second-order valence-electron chi connectivity index (χ2n) is 3.77. The van der Waals surface area contributed by atoms with Crippen LogP contribution in [0.4, 0.5) is 4.39 Å². The van der Waals surface area contributed by atoms with Gasteiger partial charge in [0.25, 0.3) is 5.91 Å². The summed E-state index contributed by atoms with van der Waals surface area (Å²) in [4.78, 5) is 25.2. The molecule has 0 fully saturated rings. The molecule has 0 saturated carbocycles. The van der Waals surface area contributed by atoms with Gasteiger partial charge in [-0.05, 0) is 12.1 Å². The number of hydrogen-bond donors (Lipinski definition) is 2. The number of carbonyl (C=O) groups excluding carboxylic acids is 2. The van der Waals surface area contributed by atoms with Crippen molar-refractivity contribution in [3.8, 4) is 0 Å². The third-order valence-electron chi connectivity index (χ3n) is 2.74. The molecule has 92 valence electrons. The number of H-pyrrole nitrogens is 1. The summed E-state index contributed by atoms with van der Waals surface area (Å²) in [6, 6.07) is 2.59. The van der Waals surface area contributed by atoms with Crippen LogP contribution in [0.3, 0.4) is 0 Å². The maximum Gasteiger partial charge on any atom is 0.253 e. The Morgan fingerprint density at radius 1 is 1.44 bits per heavy atom. The first-order chi connectivity index (χ1) is 8.60. The molecule has 1 aromatic carbocycles. The molecule has 0 unspecified atom stereocenters. The number of aldehydes is 1. The van der Waals surface area contributed by atoms with E-state index in [1.54, 1.807) is 0 Å². The monoisotopic (exact) mass is 246 g/mol. The number of carbonyl (C=O) groups is 2. The highest BCUT2D eigenvalue weighted by atomic mass is 19.1. The average Bonchev–Trinajstić information content (AvgIpc) is 2.83. The van der Waals surface area contributed by atoms with E-state index >= 15 is 0 Å². The second kappa shape index (κ2) is 4.44. The molecule has 0 aliphatic heterocycles. The third kappa shape index (κ3) is 1.69. The number of nitrogens with one attached hydrogen (secondary N) is 2. The Balaban J connectivity index is 2.78. The molecule has 2 N–H and O–H groups in total. The molecule has 4 nitrogen and oxygen atoms in total. The molecule has 0 spiro atoms. The van der Waals surface area contributed by atoms with E-state index in [1.165, 1.54) is 25.4 Å². The Bertz CT molecular complexity index is 658. The minimum atomic E-state index is -0.503. The maximum absolute atomic E-state index is 13.8. The van der Waals surface area contributed by atoms with Crippen molar-refractivity contribution in [2.45, 2.75) is 0 Å². The summed E-state index contributed by atoms with van der Waals surface area (Å²) in [5.74, 6) is -0.831. The van der Waals surface area contributed by atoms with Gasteiger partial charge in [-0.3, -0.25) is 9.59 Å². The smallest absolute Gasteiger partial charge is 0.253 e. The molecule has 1 heterocycles. The molecule has 0 radical (unpaired) electrons. The van der Waals surface area contributed by atoms with Gasteiger partial charge in [0, 0.05) is 29.8 Å². The van der Waals surface area contributed by atoms with Crippen LogP contribution in [0.2, 0.25) is 0 Å². The van der Waals surface area contributed by atoms with Crippen LogP contribution in [0.25, 0.3) is 16.5 Å². The highest BCUT2D eigenvalue weighted by Gasteiger charge is 2.17. The van der Waals surface area contributed by atoms with E-state index in [1.807, 2.05) is 0 Å². The molecule has 2 aromatic rings. The zero-order valence-corrected chi connectivity index (χ0v) is 9.71. The van der Waals surface area contributed by atoms with Crippen LogP contribution in [0, 0.1) is 5.82 Å². The molecule has 0 aliphatic rings. The van der Waals surface area contributed by atoms with Crippen molar-refractivity contribution in [3.63, 3.8) is 0 Å². The molecular formula is C13H11FN2O2. The highest BCUT2D eigenvalue weighted by Crippen LogP contribution is 2.28. The van der Waals surface area contributed by atoms with E-state index in [0.717, 1.165) is 0 Å². The summed E-state index contributed by atoms with van der Waals surface area (Å²) in [6.45, 7) is 3.55. The summed E-state index contributed by atoms with van der Waals surface area (Å²) in [5.41, 5.74) is 1.20. The number of fused-ring (bicyclic) bond motifs is 1. The number of aromatic amines is 1. The van der Waals surface area contributed by atoms with Crippen LogP contribution in [0.1, 0.15) is 15.9 Å². The van der Waals surface area contributed by atoms with Crippen molar-refractivity contribution in [2.24, 2.45) is 0 Å². The summed E-state index contributed by atoms with van der Waals surface area (Å²) in [5, 5.41) is 2.67. The topological polar surface area (TPSA) is 62.0 Å². The van der Waals surface area contributed by atoms with Gasteiger partial charge < -0.3 is 10.3 Å². The fourth-order valence-corrected chi connectivity index (χ4v) is 1.85. The lowest BCUT2D eigenvalue weighted by Gasteiger charge is -2.03. The molecule has 5 heteroatoms. The van der Waals surface area contributed by atoms with Gasteiger partial charge >= 0.3 is 0 Å². The van der Waals surface area contributed by atoms with Crippen molar-refractivity contribution in [2.75, 3.05) is 7.05 Å². The van der Waals surface area contributed by atoms with Gasteiger partial charge in [0.1, 0.15) is 12.1 Å².